The molecule has 0 unspecified atom stereocenters. The van der Waals surface area contributed by atoms with Crippen molar-refractivity contribution in [3.8, 4) is 5.75 Å². The smallest absolute Gasteiger partial charge is 0.172 e. The molecule has 0 aromatic heterocycles. The summed E-state index contributed by atoms with van der Waals surface area (Å²) in [4.78, 5) is 10.5. The van der Waals surface area contributed by atoms with Crippen LogP contribution >= 0.6 is 15.9 Å². The molecule has 0 radical (unpaired) electrons. The largest absolute Gasteiger partial charge is 0.462 e. The average Bonchev–Trinajstić information content (AvgIpc) is 2.09. The fourth-order valence-electron chi connectivity index (χ4n) is 0.875. The fourth-order valence-corrected chi connectivity index (χ4v) is 1.32. The SMILES string of the molecule is C=COc1c(F)cc(Br)cc1C=O. The molecule has 0 aliphatic rings. The fraction of sp³-hybridized carbons (Fsp3) is 0. The lowest BCUT2D eigenvalue weighted by Crippen LogP contribution is -1.93. The minimum Gasteiger partial charge on any atom is -0.462 e. The van der Waals surface area contributed by atoms with Crippen LogP contribution in [0.1, 0.15) is 10.4 Å². The minimum atomic E-state index is -0.601. The Kier molecular flexibility index (Phi) is 3.19. The summed E-state index contributed by atoms with van der Waals surface area (Å²) in [7, 11) is 0. The molecule has 1 aromatic rings. The Hall–Kier alpha value is -1.16. The van der Waals surface area contributed by atoms with Crippen LogP contribution in [0.5, 0.6) is 5.75 Å². The molecule has 0 spiro atoms. The lowest BCUT2D eigenvalue weighted by atomic mass is 10.2. The van der Waals surface area contributed by atoms with E-state index in [0.29, 0.717) is 10.8 Å². The van der Waals surface area contributed by atoms with Crippen molar-refractivity contribution < 1.29 is 13.9 Å². The number of hydrogen-bond acceptors (Lipinski definition) is 2. The van der Waals surface area contributed by atoms with Gasteiger partial charge in [0.25, 0.3) is 0 Å². The van der Waals surface area contributed by atoms with Gasteiger partial charge in [0.1, 0.15) is 0 Å². The molecule has 0 amide bonds. The molecule has 0 atom stereocenters. The monoisotopic (exact) mass is 244 g/mol. The van der Waals surface area contributed by atoms with Crippen LogP contribution in [-0.4, -0.2) is 6.29 Å². The van der Waals surface area contributed by atoms with E-state index in [4.69, 9.17) is 4.74 Å². The summed E-state index contributed by atoms with van der Waals surface area (Å²) in [6.07, 6.45) is 1.59. The van der Waals surface area contributed by atoms with Crippen molar-refractivity contribution in [1.29, 1.82) is 0 Å². The van der Waals surface area contributed by atoms with E-state index >= 15 is 0 Å². The first-order valence-electron chi connectivity index (χ1n) is 3.41. The molecule has 2 nitrogen and oxygen atoms in total. The van der Waals surface area contributed by atoms with Crippen molar-refractivity contribution in [3.05, 3.63) is 40.8 Å². The minimum absolute atomic E-state index is 0.104. The Balaban J connectivity index is 3.28. The second-order valence-electron chi connectivity index (χ2n) is 2.21. The number of ether oxygens (including phenoxy) is 1. The lowest BCUT2D eigenvalue weighted by molar-refractivity contribution is 0.112. The van der Waals surface area contributed by atoms with Crippen LogP contribution in [0.25, 0.3) is 0 Å². The van der Waals surface area contributed by atoms with Crippen molar-refractivity contribution in [2.24, 2.45) is 0 Å². The van der Waals surface area contributed by atoms with Crippen LogP contribution in [0.2, 0.25) is 0 Å². The third-order valence-electron chi connectivity index (χ3n) is 1.37. The van der Waals surface area contributed by atoms with Crippen LogP contribution in [0, 0.1) is 5.82 Å². The van der Waals surface area contributed by atoms with E-state index in [1.54, 1.807) is 0 Å². The normalized spacial score (nSPS) is 9.38. The van der Waals surface area contributed by atoms with Gasteiger partial charge in [0.2, 0.25) is 0 Å². The first-order chi connectivity index (χ1) is 6.19. The summed E-state index contributed by atoms with van der Waals surface area (Å²) in [5.41, 5.74) is 0.145. The molecule has 1 rings (SSSR count). The molecule has 0 saturated carbocycles. The number of carbonyl (C=O) groups excluding carboxylic acids is 1. The van der Waals surface area contributed by atoms with E-state index in [0.717, 1.165) is 6.26 Å². The maximum Gasteiger partial charge on any atom is 0.172 e. The second kappa shape index (κ2) is 4.18. The third-order valence-corrected chi connectivity index (χ3v) is 1.82. The number of halogens is 2. The molecule has 0 heterocycles. The third kappa shape index (κ3) is 2.15. The summed E-state index contributed by atoms with van der Waals surface area (Å²) >= 11 is 3.06. The zero-order valence-electron chi connectivity index (χ0n) is 6.59. The summed E-state index contributed by atoms with van der Waals surface area (Å²) < 4.78 is 18.4. The number of rotatable bonds is 3. The van der Waals surface area contributed by atoms with E-state index in [2.05, 4.69) is 22.5 Å². The van der Waals surface area contributed by atoms with Gasteiger partial charge in [-0.25, -0.2) is 4.39 Å². The van der Waals surface area contributed by atoms with Gasteiger partial charge in [-0.1, -0.05) is 22.5 Å². The summed E-state index contributed by atoms with van der Waals surface area (Å²) in [6, 6.07) is 2.68. The first-order valence-corrected chi connectivity index (χ1v) is 4.20. The molecular weight excluding hydrogens is 239 g/mol. The van der Waals surface area contributed by atoms with Gasteiger partial charge >= 0.3 is 0 Å². The topological polar surface area (TPSA) is 26.3 Å². The quantitative estimate of drug-likeness (QED) is 0.604. The Morgan fingerprint density at radius 1 is 1.54 bits per heavy atom. The highest BCUT2D eigenvalue weighted by Crippen LogP contribution is 2.26. The zero-order valence-corrected chi connectivity index (χ0v) is 8.17. The highest BCUT2D eigenvalue weighted by atomic mass is 79.9. The summed E-state index contributed by atoms with van der Waals surface area (Å²) in [5.74, 6) is -0.704. The van der Waals surface area contributed by atoms with Gasteiger partial charge in [-0.2, -0.15) is 0 Å². The zero-order chi connectivity index (χ0) is 9.84. The van der Waals surface area contributed by atoms with Crippen LogP contribution in [0.15, 0.2) is 29.4 Å². The van der Waals surface area contributed by atoms with Crippen LogP contribution in [-0.2, 0) is 0 Å². The molecule has 0 fully saturated rings. The van der Waals surface area contributed by atoms with Crippen molar-refractivity contribution in [2.45, 2.75) is 0 Å². The highest BCUT2D eigenvalue weighted by molar-refractivity contribution is 9.10. The van der Waals surface area contributed by atoms with E-state index in [1.807, 2.05) is 0 Å². The lowest BCUT2D eigenvalue weighted by Gasteiger charge is -2.04. The molecule has 1 aromatic carbocycles. The van der Waals surface area contributed by atoms with Crippen molar-refractivity contribution in [1.82, 2.24) is 0 Å². The van der Waals surface area contributed by atoms with E-state index in [9.17, 15) is 9.18 Å². The van der Waals surface area contributed by atoms with Crippen LogP contribution < -0.4 is 4.74 Å². The molecule has 0 aliphatic heterocycles. The Morgan fingerprint density at radius 3 is 2.77 bits per heavy atom. The van der Waals surface area contributed by atoms with Gasteiger partial charge in [-0.05, 0) is 12.1 Å². The number of aldehydes is 1. The van der Waals surface area contributed by atoms with E-state index in [-0.39, 0.29) is 11.3 Å². The van der Waals surface area contributed by atoms with Gasteiger partial charge in [-0.3, -0.25) is 4.79 Å². The van der Waals surface area contributed by atoms with E-state index in [1.165, 1.54) is 12.1 Å². The van der Waals surface area contributed by atoms with E-state index < -0.39 is 5.82 Å². The van der Waals surface area contributed by atoms with Crippen LogP contribution in [0.3, 0.4) is 0 Å². The summed E-state index contributed by atoms with van der Waals surface area (Å²) in [5, 5.41) is 0. The molecular formula is C9H6BrFO2. The molecule has 0 aliphatic carbocycles. The van der Waals surface area contributed by atoms with Gasteiger partial charge in [0.15, 0.2) is 17.9 Å². The molecule has 4 heteroatoms. The number of carbonyl (C=O) groups is 1. The predicted octanol–water partition coefficient (Wildman–Crippen LogP) is 2.92. The predicted molar refractivity (Wildman–Crippen MR) is 50.3 cm³/mol. The maximum absolute atomic E-state index is 13.1. The molecule has 0 N–H and O–H groups in total. The molecule has 0 bridgehead atoms. The van der Waals surface area contributed by atoms with Gasteiger partial charge in [0, 0.05) is 4.47 Å². The van der Waals surface area contributed by atoms with Gasteiger partial charge < -0.3 is 4.74 Å². The van der Waals surface area contributed by atoms with Crippen molar-refractivity contribution in [2.75, 3.05) is 0 Å². The van der Waals surface area contributed by atoms with Crippen LogP contribution in [0.4, 0.5) is 4.39 Å². The molecule has 0 saturated heterocycles. The first kappa shape index (κ1) is 9.92. The summed E-state index contributed by atoms with van der Waals surface area (Å²) in [6.45, 7) is 3.28. The van der Waals surface area contributed by atoms with Gasteiger partial charge in [-0.15, -0.1) is 0 Å². The molecule has 13 heavy (non-hydrogen) atoms. The Bertz CT molecular complexity index is 350. The Labute approximate surface area is 83.1 Å². The maximum atomic E-state index is 13.1. The van der Waals surface area contributed by atoms with Crippen molar-refractivity contribution in [3.63, 3.8) is 0 Å². The standard InChI is InChI=1S/C9H6BrFO2/c1-2-13-9-6(5-12)3-7(10)4-8(9)11/h2-5H,1H2. The number of hydrogen-bond donors (Lipinski definition) is 0. The van der Waals surface area contributed by atoms with Gasteiger partial charge in [0.05, 0.1) is 11.8 Å². The highest BCUT2D eigenvalue weighted by Gasteiger charge is 2.10. The second-order valence-corrected chi connectivity index (χ2v) is 3.12. The number of benzene rings is 1. The average molecular weight is 245 g/mol. The Morgan fingerprint density at radius 2 is 2.23 bits per heavy atom. The van der Waals surface area contributed by atoms with Crippen molar-refractivity contribution >= 4 is 22.2 Å². The molecule has 68 valence electrons.